The average molecular weight is 362 g/mol. The quantitative estimate of drug-likeness (QED) is 0.386. The molecule has 2 heteroatoms. The largest absolute Gasteiger partial charge is 0.114 e. The highest BCUT2D eigenvalue weighted by molar-refractivity contribution is 7.38. The van der Waals surface area contributed by atoms with Gasteiger partial charge in [-0.2, -0.15) is 0 Å². The Morgan fingerprint density at radius 2 is 1.07 bits per heavy atom. The van der Waals surface area contributed by atoms with Gasteiger partial charge in [0.25, 0.3) is 0 Å². The molecule has 0 saturated heterocycles. The third-order valence-corrected chi connectivity index (χ3v) is 10.0. The predicted molar refractivity (Wildman–Crippen MR) is 123 cm³/mol. The Labute approximate surface area is 163 Å². The summed E-state index contributed by atoms with van der Waals surface area (Å²) in [7, 11) is 0.408. The molecule has 27 heavy (non-hydrogen) atoms. The Bertz CT molecular complexity index is 1000. The number of hydrogen-bond acceptors (Lipinski definition) is 0. The molecular formula is C25H23BSi. The van der Waals surface area contributed by atoms with E-state index in [4.69, 9.17) is 0 Å². The second-order valence-electron chi connectivity index (χ2n) is 7.25. The van der Waals surface area contributed by atoms with Crippen LogP contribution in [0.15, 0.2) is 109 Å². The van der Waals surface area contributed by atoms with Gasteiger partial charge >= 0.3 is 0 Å². The van der Waals surface area contributed by atoms with Crippen LogP contribution in [0, 0.1) is 6.92 Å². The van der Waals surface area contributed by atoms with E-state index in [0.29, 0.717) is 0 Å². The van der Waals surface area contributed by atoms with Crippen molar-refractivity contribution in [3.05, 3.63) is 115 Å². The van der Waals surface area contributed by atoms with Gasteiger partial charge in [-0.1, -0.05) is 125 Å². The molecule has 0 heterocycles. The van der Waals surface area contributed by atoms with Crippen molar-refractivity contribution in [2.24, 2.45) is 0 Å². The first kappa shape index (κ1) is 17.6. The summed E-state index contributed by atoms with van der Waals surface area (Å²) in [6.45, 7) is 2.19. The van der Waals surface area contributed by atoms with Crippen molar-refractivity contribution >= 4 is 30.9 Å². The van der Waals surface area contributed by atoms with E-state index in [1.54, 1.807) is 0 Å². The predicted octanol–water partition coefficient (Wildman–Crippen LogP) is 3.26. The molecule has 0 N–H and O–H groups in total. The Balaban J connectivity index is 1.92. The smallest absolute Gasteiger partial charge is 0.0629 e. The lowest BCUT2D eigenvalue weighted by atomic mass is 10.0. The lowest BCUT2D eigenvalue weighted by molar-refractivity contribution is 1.46. The van der Waals surface area contributed by atoms with Gasteiger partial charge in [0, 0.05) is 0 Å². The van der Waals surface area contributed by atoms with Gasteiger partial charge in [0.15, 0.2) is 0 Å². The van der Waals surface area contributed by atoms with Crippen LogP contribution in [0.1, 0.15) is 5.56 Å². The SMILES string of the molecule is B[Si](c1ccccc1)(c1ccccc1)c1cccc(-c2ccccc2C)c1. The van der Waals surface area contributed by atoms with Crippen LogP contribution in [0.25, 0.3) is 11.1 Å². The van der Waals surface area contributed by atoms with E-state index in [9.17, 15) is 0 Å². The highest BCUT2D eigenvalue weighted by Crippen LogP contribution is 2.22. The van der Waals surface area contributed by atoms with Crippen LogP contribution in [0.5, 0.6) is 0 Å². The Morgan fingerprint density at radius 1 is 0.556 bits per heavy atom. The van der Waals surface area contributed by atoms with E-state index in [0.717, 1.165) is 0 Å². The van der Waals surface area contributed by atoms with Crippen molar-refractivity contribution in [1.29, 1.82) is 0 Å². The lowest BCUT2D eigenvalue weighted by Gasteiger charge is -2.30. The molecule has 0 radical (unpaired) electrons. The van der Waals surface area contributed by atoms with Crippen LogP contribution in [-0.2, 0) is 0 Å². The zero-order chi connectivity index (χ0) is 18.7. The standard InChI is InChI=1S/C25H23BSi/c1-20-11-8-9-18-25(20)21-12-10-17-24(19-21)27(26,22-13-4-2-5-14-22)23-15-6-3-7-16-23/h2-19H,26H2,1H3. The van der Waals surface area contributed by atoms with Crippen molar-refractivity contribution in [3.8, 4) is 11.1 Å². The molecule has 130 valence electrons. The van der Waals surface area contributed by atoms with Crippen molar-refractivity contribution < 1.29 is 0 Å². The Hall–Kier alpha value is -2.84. The summed E-state index contributed by atoms with van der Waals surface area (Å²) in [5.41, 5.74) is 3.94. The molecule has 0 spiro atoms. The maximum Gasteiger partial charge on any atom is 0.114 e. The normalized spacial score (nSPS) is 11.3. The summed E-state index contributed by atoms with van der Waals surface area (Å²) >= 11 is 0. The van der Waals surface area contributed by atoms with E-state index in [2.05, 4.69) is 124 Å². The van der Waals surface area contributed by atoms with Crippen molar-refractivity contribution in [1.82, 2.24) is 0 Å². The van der Waals surface area contributed by atoms with Crippen LogP contribution in [0.4, 0.5) is 0 Å². The van der Waals surface area contributed by atoms with Crippen LogP contribution < -0.4 is 15.6 Å². The molecular weight excluding hydrogens is 339 g/mol. The van der Waals surface area contributed by atoms with Gasteiger partial charge in [-0.25, -0.2) is 0 Å². The minimum atomic E-state index is -2.06. The van der Waals surface area contributed by atoms with Gasteiger partial charge in [0.1, 0.15) is 15.4 Å². The summed E-state index contributed by atoms with van der Waals surface area (Å²) in [6, 6.07) is 39.8. The van der Waals surface area contributed by atoms with Crippen molar-refractivity contribution in [2.45, 2.75) is 6.92 Å². The molecule has 0 bridgehead atoms. The monoisotopic (exact) mass is 362 g/mol. The van der Waals surface area contributed by atoms with E-state index >= 15 is 0 Å². The number of hydrogen-bond donors (Lipinski definition) is 0. The van der Waals surface area contributed by atoms with Crippen LogP contribution in [0.3, 0.4) is 0 Å². The first-order valence-corrected chi connectivity index (χ1v) is 12.0. The van der Waals surface area contributed by atoms with E-state index in [1.807, 2.05) is 0 Å². The fraction of sp³-hybridized carbons (Fsp3) is 0.0400. The average Bonchev–Trinajstić information content (AvgIpc) is 2.75. The highest BCUT2D eigenvalue weighted by Gasteiger charge is 2.33. The third-order valence-electron chi connectivity index (χ3n) is 5.60. The minimum absolute atomic E-state index is 1.30. The second-order valence-corrected chi connectivity index (χ2v) is 11.2. The van der Waals surface area contributed by atoms with Gasteiger partial charge in [0.2, 0.25) is 0 Å². The van der Waals surface area contributed by atoms with E-state index < -0.39 is 7.94 Å². The molecule has 0 aromatic heterocycles. The van der Waals surface area contributed by atoms with Gasteiger partial charge in [-0.3, -0.25) is 0 Å². The molecule has 0 aliphatic rings. The number of rotatable bonds is 4. The molecule has 0 amide bonds. The van der Waals surface area contributed by atoms with Gasteiger partial charge < -0.3 is 0 Å². The van der Waals surface area contributed by atoms with Crippen LogP contribution in [-0.4, -0.2) is 15.4 Å². The van der Waals surface area contributed by atoms with E-state index in [-0.39, 0.29) is 0 Å². The highest BCUT2D eigenvalue weighted by atomic mass is 28.3. The molecule has 0 nitrogen and oxygen atoms in total. The lowest BCUT2D eigenvalue weighted by Crippen LogP contribution is -2.68. The summed E-state index contributed by atoms with van der Waals surface area (Å²) < 4.78 is 0. The second kappa shape index (κ2) is 7.42. The minimum Gasteiger partial charge on any atom is -0.0629 e. The summed E-state index contributed by atoms with van der Waals surface area (Å²) in [6.07, 6.45) is 0. The zero-order valence-corrected chi connectivity index (χ0v) is 16.9. The molecule has 0 fully saturated rings. The number of aryl methyl sites for hydroxylation is 1. The molecule has 0 unspecified atom stereocenters. The summed E-state index contributed by atoms with van der Waals surface area (Å²) in [5.74, 6) is 0. The Kier molecular flexibility index (Phi) is 4.83. The zero-order valence-electron chi connectivity index (χ0n) is 15.9. The molecule has 0 atom stereocenters. The molecule has 0 aliphatic heterocycles. The molecule has 4 aromatic carbocycles. The molecule has 4 aromatic rings. The van der Waals surface area contributed by atoms with Gasteiger partial charge in [-0.05, 0) is 23.6 Å². The summed E-state index contributed by atoms with van der Waals surface area (Å²) in [4.78, 5) is 0. The third kappa shape index (κ3) is 3.29. The number of benzene rings is 4. The molecule has 4 rings (SSSR count). The van der Waals surface area contributed by atoms with Gasteiger partial charge in [-0.15, -0.1) is 0 Å². The Morgan fingerprint density at radius 3 is 1.67 bits per heavy atom. The van der Waals surface area contributed by atoms with Crippen LogP contribution >= 0.6 is 0 Å². The van der Waals surface area contributed by atoms with Gasteiger partial charge in [0.05, 0.1) is 0 Å². The van der Waals surface area contributed by atoms with Crippen molar-refractivity contribution in [3.63, 3.8) is 0 Å². The molecule has 0 saturated carbocycles. The fourth-order valence-electron chi connectivity index (χ4n) is 3.94. The summed E-state index contributed by atoms with van der Waals surface area (Å²) in [5, 5.41) is 4.33. The van der Waals surface area contributed by atoms with Crippen LogP contribution in [0.2, 0.25) is 0 Å². The molecule has 0 aliphatic carbocycles. The first-order chi connectivity index (χ1) is 13.2. The first-order valence-electron chi connectivity index (χ1n) is 9.47. The maximum absolute atomic E-state index is 2.47. The fourth-order valence-corrected chi connectivity index (χ4v) is 7.53. The van der Waals surface area contributed by atoms with Crippen molar-refractivity contribution in [2.75, 3.05) is 0 Å². The maximum atomic E-state index is 2.47. The van der Waals surface area contributed by atoms with E-state index in [1.165, 1.54) is 32.3 Å². The topological polar surface area (TPSA) is 0 Å².